The molecule has 0 rings (SSSR count). The molecule has 0 aromatic heterocycles. The predicted molar refractivity (Wildman–Crippen MR) is 49.4 cm³/mol. The molecule has 0 bridgehead atoms. The van der Waals surface area contributed by atoms with Crippen molar-refractivity contribution in [3.63, 3.8) is 0 Å². The largest absolute Gasteiger partial charge is 0.477 e. The first-order chi connectivity index (χ1) is 11.8. The molecular weight excluding hydrogens is 460 g/mol. The molecule has 0 spiro atoms. The number of rotatable bonds is 9. The van der Waals surface area contributed by atoms with E-state index in [-0.39, 0.29) is 0 Å². The molecular formula is C9H2F16O3. The van der Waals surface area contributed by atoms with Gasteiger partial charge in [-0.1, -0.05) is 0 Å². The Kier molecular flexibility index (Phi) is 6.28. The molecule has 0 heterocycles. The summed E-state index contributed by atoms with van der Waals surface area (Å²) in [7, 11) is 0. The minimum absolute atomic E-state index is 1.22. The molecule has 0 saturated carbocycles. The van der Waals surface area contributed by atoms with Gasteiger partial charge in [0.25, 0.3) is 0 Å². The number of carboxylic acids is 1. The van der Waals surface area contributed by atoms with E-state index in [0.29, 0.717) is 0 Å². The molecule has 3 nitrogen and oxygen atoms in total. The highest BCUT2D eigenvalue weighted by Gasteiger charge is 2.90. The zero-order valence-corrected chi connectivity index (χ0v) is 11.9. The Morgan fingerprint density at radius 3 is 1.29 bits per heavy atom. The van der Waals surface area contributed by atoms with Crippen LogP contribution in [0.3, 0.4) is 0 Å². The topological polar surface area (TPSA) is 46.5 Å². The van der Waals surface area contributed by atoms with Gasteiger partial charge in [0, 0.05) is 0 Å². The summed E-state index contributed by atoms with van der Waals surface area (Å²) in [6, 6.07) is 0. The van der Waals surface area contributed by atoms with Crippen LogP contribution in [0.4, 0.5) is 70.2 Å². The quantitative estimate of drug-likeness (QED) is 0.505. The van der Waals surface area contributed by atoms with Gasteiger partial charge in [-0.3, -0.25) is 0 Å². The molecule has 0 aliphatic heterocycles. The third kappa shape index (κ3) is 3.51. The first-order valence-electron chi connectivity index (χ1n) is 5.71. The number of carboxylic acid groups (broad SMARTS) is 1. The van der Waals surface area contributed by atoms with E-state index in [1.807, 2.05) is 0 Å². The molecule has 0 atom stereocenters. The SMILES string of the molecule is O=C(O)C(F)(F)C(F)(F)C(F)(F)C(F)(F)C(F)(F)OC(F)(F)C(F)(F)C(F)F. The van der Waals surface area contributed by atoms with Gasteiger partial charge in [0.2, 0.25) is 0 Å². The summed E-state index contributed by atoms with van der Waals surface area (Å²) in [5, 5.41) is 7.63. The molecule has 1 N–H and O–H groups in total. The van der Waals surface area contributed by atoms with E-state index in [9.17, 15) is 75.0 Å². The summed E-state index contributed by atoms with van der Waals surface area (Å²) in [5.41, 5.74) is 0. The summed E-state index contributed by atoms with van der Waals surface area (Å²) in [6.07, 6.45) is -21.0. The van der Waals surface area contributed by atoms with Gasteiger partial charge in [-0.2, -0.15) is 61.5 Å². The molecule has 168 valence electrons. The minimum atomic E-state index is -8.26. The molecule has 0 unspecified atom stereocenters. The lowest BCUT2D eigenvalue weighted by Gasteiger charge is -2.39. The standard InChI is InChI=1S/C9H2F16O3/c10-1(11)3(12,13)8(22,23)28-9(24,25)7(20,21)6(18,19)5(16,17)4(14,15)2(26)27/h1H,(H,26,27). The molecule has 0 aromatic carbocycles. The lowest BCUT2D eigenvalue weighted by molar-refractivity contribution is -0.506. The smallest absolute Gasteiger partial charge is 0.430 e. The Balaban J connectivity index is 6.31. The van der Waals surface area contributed by atoms with E-state index in [1.54, 1.807) is 0 Å². The Bertz CT molecular complexity index is 596. The summed E-state index contributed by atoms with van der Waals surface area (Å²) in [6.45, 7) is 0. The fourth-order valence-corrected chi connectivity index (χ4v) is 1.13. The zero-order chi connectivity index (χ0) is 23.4. The van der Waals surface area contributed by atoms with Gasteiger partial charge >= 0.3 is 54.2 Å². The van der Waals surface area contributed by atoms with Crippen LogP contribution in [0.25, 0.3) is 0 Å². The van der Waals surface area contributed by atoms with Gasteiger partial charge in [0.1, 0.15) is 0 Å². The van der Waals surface area contributed by atoms with E-state index in [2.05, 4.69) is 0 Å². The van der Waals surface area contributed by atoms with E-state index >= 15 is 0 Å². The Labute approximate surface area is 140 Å². The molecule has 19 heteroatoms. The van der Waals surface area contributed by atoms with Crippen LogP contribution in [0.1, 0.15) is 0 Å². The van der Waals surface area contributed by atoms with E-state index in [1.165, 1.54) is 4.74 Å². The van der Waals surface area contributed by atoms with Gasteiger partial charge in [-0.25, -0.2) is 18.3 Å². The number of hydrogen-bond donors (Lipinski definition) is 1. The summed E-state index contributed by atoms with van der Waals surface area (Å²) >= 11 is 0. The van der Waals surface area contributed by atoms with Gasteiger partial charge in [-0.05, 0) is 0 Å². The normalized spacial score (nSPS) is 15.9. The maximum Gasteiger partial charge on any atom is 0.430 e. The molecule has 0 aromatic rings. The second-order valence-corrected chi connectivity index (χ2v) is 4.66. The minimum Gasteiger partial charge on any atom is -0.477 e. The number of hydrogen-bond acceptors (Lipinski definition) is 2. The maximum absolute atomic E-state index is 13.0. The maximum atomic E-state index is 13.0. The van der Waals surface area contributed by atoms with Gasteiger partial charge < -0.3 is 5.11 Å². The number of ether oxygens (including phenoxy) is 1. The number of carbonyl (C=O) groups is 1. The van der Waals surface area contributed by atoms with Crippen LogP contribution >= 0.6 is 0 Å². The highest BCUT2D eigenvalue weighted by atomic mass is 19.4. The molecule has 28 heavy (non-hydrogen) atoms. The summed E-state index contributed by atoms with van der Waals surface area (Å²) in [5.74, 6) is -43.1. The molecule has 0 amide bonds. The van der Waals surface area contributed by atoms with Gasteiger partial charge in [-0.15, -0.1) is 0 Å². The number of halogens is 16. The third-order valence-corrected chi connectivity index (χ3v) is 2.74. The van der Waals surface area contributed by atoms with Crippen LogP contribution in [0.5, 0.6) is 0 Å². The van der Waals surface area contributed by atoms with E-state index in [0.717, 1.165) is 0 Å². The van der Waals surface area contributed by atoms with Crippen LogP contribution in [-0.2, 0) is 9.53 Å². The Morgan fingerprint density at radius 2 is 1.00 bits per heavy atom. The van der Waals surface area contributed by atoms with Crippen LogP contribution in [-0.4, -0.2) is 59.3 Å². The van der Waals surface area contributed by atoms with Crippen molar-refractivity contribution < 1.29 is 84.9 Å². The Morgan fingerprint density at radius 1 is 0.643 bits per heavy atom. The highest BCUT2D eigenvalue weighted by Crippen LogP contribution is 2.58. The van der Waals surface area contributed by atoms with Crippen molar-refractivity contribution in [3.05, 3.63) is 0 Å². The highest BCUT2D eigenvalue weighted by molar-refractivity contribution is 5.77. The lowest BCUT2D eigenvalue weighted by Crippen LogP contribution is -2.70. The number of aliphatic carboxylic acids is 1. The average Bonchev–Trinajstić information content (AvgIpc) is 2.44. The third-order valence-electron chi connectivity index (χ3n) is 2.74. The predicted octanol–water partition coefficient (Wildman–Crippen LogP) is 4.71. The van der Waals surface area contributed by atoms with Crippen LogP contribution < -0.4 is 0 Å². The first-order valence-corrected chi connectivity index (χ1v) is 5.71. The monoisotopic (exact) mass is 462 g/mol. The van der Waals surface area contributed by atoms with Crippen molar-refractivity contribution in [1.82, 2.24) is 0 Å². The van der Waals surface area contributed by atoms with Crippen LogP contribution in [0.15, 0.2) is 0 Å². The molecule has 0 fully saturated rings. The second-order valence-electron chi connectivity index (χ2n) is 4.66. The fourth-order valence-electron chi connectivity index (χ4n) is 1.13. The van der Waals surface area contributed by atoms with E-state index < -0.39 is 54.2 Å². The van der Waals surface area contributed by atoms with Crippen molar-refractivity contribution in [2.75, 3.05) is 0 Å². The second kappa shape index (κ2) is 6.68. The van der Waals surface area contributed by atoms with Crippen molar-refractivity contribution in [2.45, 2.75) is 48.3 Å². The fraction of sp³-hybridized carbons (Fsp3) is 0.889. The van der Waals surface area contributed by atoms with Crippen molar-refractivity contribution in [2.24, 2.45) is 0 Å². The van der Waals surface area contributed by atoms with Crippen molar-refractivity contribution in [1.29, 1.82) is 0 Å². The zero-order valence-electron chi connectivity index (χ0n) is 11.9. The van der Waals surface area contributed by atoms with Crippen molar-refractivity contribution in [3.8, 4) is 0 Å². The molecule has 0 aliphatic carbocycles. The average molecular weight is 462 g/mol. The van der Waals surface area contributed by atoms with Crippen molar-refractivity contribution >= 4 is 5.97 Å². The molecule has 0 aliphatic rings. The summed E-state index contributed by atoms with van der Waals surface area (Å²) < 4.78 is 203. The molecule has 0 radical (unpaired) electrons. The first kappa shape index (κ1) is 26.3. The van der Waals surface area contributed by atoms with Gasteiger partial charge in [0.15, 0.2) is 0 Å². The van der Waals surface area contributed by atoms with Crippen LogP contribution in [0, 0.1) is 0 Å². The number of alkyl halides is 16. The van der Waals surface area contributed by atoms with Crippen LogP contribution in [0.2, 0.25) is 0 Å². The Hall–Kier alpha value is -1.69. The van der Waals surface area contributed by atoms with E-state index in [4.69, 9.17) is 5.11 Å². The summed E-state index contributed by atoms with van der Waals surface area (Å²) in [4.78, 5) is 9.80. The van der Waals surface area contributed by atoms with Gasteiger partial charge in [0.05, 0.1) is 0 Å². The lowest BCUT2D eigenvalue weighted by atomic mass is 9.97. The molecule has 0 saturated heterocycles.